The van der Waals surface area contributed by atoms with E-state index >= 15 is 0 Å². The third kappa shape index (κ3) is 5.30. The lowest BCUT2D eigenvalue weighted by atomic mass is 9.90. The Morgan fingerprint density at radius 2 is 2.03 bits per heavy atom. The van der Waals surface area contributed by atoms with Gasteiger partial charge >= 0.3 is 0 Å². The van der Waals surface area contributed by atoms with Crippen molar-refractivity contribution in [3.8, 4) is 5.75 Å². The van der Waals surface area contributed by atoms with Crippen molar-refractivity contribution in [2.75, 3.05) is 20.1 Å². The summed E-state index contributed by atoms with van der Waals surface area (Å²) in [5, 5.41) is 6.60. The summed E-state index contributed by atoms with van der Waals surface area (Å²) in [6, 6.07) is 9.58. The van der Waals surface area contributed by atoms with Gasteiger partial charge in [-0.2, -0.15) is 0 Å². The summed E-state index contributed by atoms with van der Waals surface area (Å²) in [6.07, 6.45) is 4.05. The molecule has 3 rings (SSSR count). The van der Waals surface area contributed by atoms with Crippen molar-refractivity contribution in [3.05, 3.63) is 48.3 Å². The lowest BCUT2D eigenvalue weighted by molar-refractivity contribution is 0.0694. The van der Waals surface area contributed by atoms with Gasteiger partial charge in [0.15, 0.2) is 5.96 Å². The standard InChI is InChI=1S/C20H29N5O3S/c1-20(2)13-17(16-7-5-6-8-18(16)28-20)24-19(21-3)22-10-11-23-29(26,27)15-9-12-25(4)14-15/h5-9,12,14,17,23H,10-11,13H2,1-4H3,(H2,21,22,24). The molecule has 0 radical (unpaired) electrons. The summed E-state index contributed by atoms with van der Waals surface area (Å²) >= 11 is 0. The highest BCUT2D eigenvalue weighted by Gasteiger charge is 2.33. The van der Waals surface area contributed by atoms with Crippen LogP contribution in [0.25, 0.3) is 0 Å². The van der Waals surface area contributed by atoms with Gasteiger partial charge in [-0.25, -0.2) is 13.1 Å². The van der Waals surface area contributed by atoms with Gasteiger partial charge in [-0.05, 0) is 26.0 Å². The van der Waals surface area contributed by atoms with Crippen molar-refractivity contribution in [2.24, 2.45) is 12.0 Å². The molecule has 0 amide bonds. The molecule has 0 saturated heterocycles. The molecule has 1 aliphatic heterocycles. The van der Waals surface area contributed by atoms with E-state index in [2.05, 4.69) is 34.2 Å². The molecule has 158 valence electrons. The minimum atomic E-state index is -3.51. The molecule has 8 nitrogen and oxygen atoms in total. The Bertz CT molecular complexity index is 982. The molecule has 29 heavy (non-hydrogen) atoms. The Morgan fingerprint density at radius 1 is 1.28 bits per heavy atom. The summed E-state index contributed by atoms with van der Waals surface area (Å²) < 4.78 is 34.9. The van der Waals surface area contributed by atoms with Gasteiger partial charge < -0.3 is 19.9 Å². The van der Waals surface area contributed by atoms with Crippen molar-refractivity contribution in [1.29, 1.82) is 0 Å². The molecule has 0 bridgehead atoms. The molecule has 9 heteroatoms. The number of fused-ring (bicyclic) bond motifs is 1. The van der Waals surface area contributed by atoms with Crippen LogP contribution < -0.4 is 20.1 Å². The normalized spacial score (nSPS) is 18.6. The fraction of sp³-hybridized carbons (Fsp3) is 0.450. The van der Waals surface area contributed by atoms with Crippen LogP contribution in [0.3, 0.4) is 0 Å². The van der Waals surface area contributed by atoms with Crippen molar-refractivity contribution in [2.45, 2.75) is 36.8 Å². The minimum Gasteiger partial charge on any atom is -0.487 e. The van der Waals surface area contributed by atoms with E-state index in [-0.39, 0.29) is 23.1 Å². The Labute approximate surface area is 172 Å². The highest BCUT2D eigenvalue weighted by molar-refractivity contribution is 7.89. The van der Waals surface area contributed by atoms with E-state index in [1.54, 1.807) is 37.1 Å². The maximum Gasteiger partial charge on any atom is 0.242 e. The topological polar surface area (TPSA) is 96.8 Å². The van der Waals surface area contributed by atoms with E-state index in [4.69, 9.17) is 4.74 Å². The average molecular weight is 420 g/mol. The summed E-state index contributed by atoms with van der Waals surface area (Å²) in [6.45, 7) is 4.77. The molecular formula is C20H29N5O3S. The predicted molar refractivity (Wildman–Crippen MR) is 114 cm³/mol. The number of nitrogens with one attached hydrogen (secondary N) is 3. The fourth-order valence-corrected chi connectivity index (χ4v) is 4.46. The molecule has 0 saturated carbocycles. The third-order valence-corrected chi connectivity index (χ3v) is 6.18. The number of guanidine groups is 1. The first-order valence-electron chi connectivity index (χ1n) is 9.57. The number of para-hydroxylation sites is 1. The lowest BCUT2D eigenvalue weighted by Gasteiger charge is -2.38. The third-order valence-electron chi connectivity index (χ3n) is 4.74. The van der Waals surface area contributed by atoms with Crippen LogP contribution in [-0.2, 0) is 17.1 Å². The number of benzene rings is 1. The monoisotopic (exact) mass is 419 g/mol. The van der Waals surface area contributed by atoms with Gasteiger partial charge in [-0.1, -0.05) is 18.2 Å². The van der Waals surface area contributed by atoms with Crippen molar-refractivity contribution < 1.29 is 13.2 Å². The van der Waals surface area contributed by atoms with Gasteiger partial charge in [0.2, 0.25) is 10.0 Å². The predicted octanol–water partition coefficient (Wildman–Crippen LogP) is 1.77. The molecule has 1 aromatic heterocycles. The second-order valence-corrected chi connectivity index (χ2v) is 9.48. The van der Waals surface area contributed by atoms with Gasteiger partial charge in [0, 0.05) is 51.6 Å². The molecule has 2 aromatic rings. The summed E-state index contributed by atoms with van der Waals surface area (Å²) in [5.74, 6) is 1.48. The first-order valence-corrected chi connectivity index (χ1v) is 11.1. The van der Waals surface area contributed by atoms with Crippen molar-refractivity contribution >= 4 is 16.0 Å². The van der Waals surface area contributed by atoms with Crippen molar-refractivity contribution in [1.82, 2.24) is 19.9 Å². The molecule has 0 aliphatic carbocycles. The van der Waals surface area contributed by atoms with Gasteiger partial charge in [-0.15, -0.1) is 0 Å². The molecule has 0 spiro atoms. The maximum atomic E-state index is 12.3. The number of rotatable bonds is 6. The Hall–Kier alpha value is -2.52. The second kappa shape index (κ2) is 8.46. The van der Waals surface area contributed by atoms with Crippen LogP contribution in [0.5, 0.6) is 5.75 Å². The van der Waals surface area contributed by atoms with Crippen LogP contribution in [0.4, 0.5) is 0 Å². The number of aliphatic imine (C=N–C) groups is 1. The number of hydrogen-bond acceptors (Lipinski definition) is 4. The summed E-state index contributed by atoms with van der Waals surface area (Å²) in [4.78, 5) is 4.52. The van der Waals surface area contributed by atoms with Crippen LogP contribution in [0, 0.1) is 0 Å². The zero-order chi connectivity index (χ0) is 21.1. The summed E-state index contributed by atoms with van der Waals surface area (Å²) in [5.41, 5.74) is 0.787. The number of ether oxygens (including phenoxy) is 1. The Kier molecular flexibility index (Phi) is 6.18. The van der Waals surface area contributed by atoms with Crippen LogP contribution in [0.1, 0.15) is 31.9 Å². The number of sulfonamides is 1. The van der Waals surface area contributed by atoms with Crippen LogP contribution in [0.2, 0.25) is 0 Å². The highest BCUT2D eigenvalue weighted by atomic mass is 32.2. The van der Waals surface area contributed by atoms with Gasteiger partial charge in [0.1, 0.15) is 11.4 Å². The van der Waals surface area contributed by atoms with E-state index in [1.807, 2.05) is 24.3 Å². The molecule has 3 N–H and O–H groups in total. The molecule has 0 fully saturated rings. The molecule has 1 aromatic carbocycles. The fourth-order valence-electron chi connectivity index (χ4n) is 3.38. The average Bonchev–Trinajstić information content (AvgIpc) is 3.10. The van der Waals surface area contributed by atoms with E-state index < -0.39 is 10.0 Å². The number of aromatic nitrogens is 1. The maximum absolute atomic E-state index is 12.3. The molecule has 2 heterocycles. The van der Waals surface area contributed by atoms with Crippen molar-refractivity contribution in [3.63, 3.8) is 0 Å². The molecule has 1 atom stereocenters. The van der Waals surface area contributed by atoms with E-state index in [1.165, 1.54) is 0 Å². The quantitative estimate of drug-likeness (QED) is 0.377. The summed E-state index contributed by atoms with van der Waals surface area (Å²) in [7, 11) is -0.0363. The minimum absolute atomic E-state index is 0.0437. The van der Waals surface area contributed by atoms with Crippen LogP contribution in [-0.4, -0.2) is 44.7 Å². The van der Waals surface area contributed by atoms with Crippen LogP contribution in [0.15, 0.2) is 52.6 Å². The lowest BCUT2D eigenvalue weighted by Crippen LogP contribution is -2.46. The zero-order valence-electron chi connectivity index (χ0n) is 17.3. The smallest absolute Gasteiger partial charge is 0.242 e. The number of aryl methyl sites for hydroxylation is 1. The number of hydrogen-bond donors (Lipinski definition) is 3. The molecule has 1 aliphatic rings. The Morgan fingerprint density at radius 3 is 2.72 bits per heavy atom. The van der Waals surface area contributed by atoms with Gasteiger partial charge in [0.05, 0.1) is 10.9 Å². The number of nitrogens with zero attached hydrogens (tertiary/aromatic N) is 2. The van der Waals surface area contributed by atoms with Gasteiger partial charge in [-0.3, -0.25) is 4.99 Å². The van der Waals surface area contributed by atoms with E-state index in [9.17, 15) is 8.42 Å². The van der Waals surface area contributed by atoms with Gasteiger partial charge in [0.25, 0.3) is 0 Å². The highest BCUT2D eigenvalue weighted by Crippen LogP contribution is 2.39. The van der Waals surface area contributed by atoms with E-state index in [0.717, 1.165) is 17.7 Å². The van der Waals surface area contributed by atoms with Crippen LogP contribution >= 0.6 is 0 Å². The second-order valence-electron chi connectivity index (χ2n) is 7.71. The van der Waals surface area contributed by atoms with E-state index in [0.29, 0.717) is 12.5 Å². The first-order chi connectivity index (χ1) is 13.7. The zero-order valence-corrected chi connectivity index (χ0v) is 18.1. The Balaban J connectivity index is 1.56. The molecule has 1 unspecified atom stereocenters. The molecular weight excluding hydrogens is 390 g/mol. The SMILES string of the molecule is CN=C(NCCNS(=O)(=O)c1ccn(C)c1)NC1CC(C)(C)Oc2ccccc21. The first kappa shape index (κ1) is 21.2. The largest absolute Gasteiger partial charge is 0.487 e.